The molecule has 0 radical (unpaired) electrons. The third-order valence-corrected chi connectivity index (χ3v) is 3.36. The van der Waals surface area contributed by atoms with Gasteiger partial charge in [0.05, 0.1) is 12.6 Å². The van der Waals surface area contributed by atoms with Gasteiger partial charge in [-0.1, -0.05) is 6.92 Å². The van der Waals surface area contributed by atoms with Crippen LogP contribution < -0.4 is 5.32 Å². The zero-order valence-electron chi connectivity index (χ0n) is 10.8. The monoisotopic (exact) mass is 237 g/mol. The average Bonchev–Trinajstić information content (AvgIpc) is 2.82. The Morgan fingerprint density at radius 1 is 1.59 bits per heavy atom. The Bertz CT molecular complexity index is 312. The highest BCUT2D eigenvalue weighted by Crippen LogP contribution is 2.16. The van der Waals surface area contributed by atoms with Crippen molar-refractivity contribution < 1.29 is 4.74 Å². The van der Waals surface area contributed by atoms with Crippen LogP contribution in [-0.2, 0) is 11.3 Å². The third-order valence-electron chi connectivity index (χ3n) is 3.36. The zero-order valence-corrected chi connectivity index (χ0v) is 10.8. The zero-order chi connectivity index (χ0) is 12.1. The number of hydrogen-bond acceptors (Lipinski definition) is 3. The summed E-state index contributed by atoms with van der Waals surface area (Å²) in [4.78, 5) is 0. The molecule has 1 aliphatic rings. The van der Waals surface area contributed by atoms with E-state index in [9.17, 15) is 0 Å². The molecule has 1 fully saturated rings. The summed E-state index contributed by atoms with van der Waals surface area (Å²) in [6.45, 7) is 6.24. The Morgan fingerprint density at radius 3 is 3.18 bits per heavy atom. The second-order valence-corrected chi connectivity index (χ2v) is 4.92. The molecule has 4 nitrogen and oxygen atoms in total. The van der Waals surface area contributed by atoms with Crippen molar-refractivity contribution in [3.63, 3.8) is 0 Å². The molecule has 0 aromatic carbocycles. The van der Waals surface area contributed by atoms with Crippen LogP contribution in [0, 0.1) is 0 Å². The van der Waals surface area contributed by atoms with Gasteiger partial charge in [0.25, 0.3) is 0 Å². The molecule has 0 spiro atoms. The molecule has 4 heteroatoms. The highest BCUT2D eigenvalue weighted by molar-refractivity contribution is 4.81. The molecule has 3 unspecified atom stereocenters. The van der Waals surface area contributed by atoms with Crippen LogP contribution in [0.3, 0.4) is 0 Å². The van der Waals surface area contributed by atoms with Crippen molar-refractivity contribution in [2.24, 2.45) is 0 Å². The lowest BCUT2D eigenvalue weighted by atomic mass is 10.0. The summed E-state index contributed by atoms with van der Waals surface area (Å²) in [5.41, 5.74) is 0. The van der Waals surface area contributed by atoms with Crippen LogP contribution in [0.4, 0.5) is 0 Å². The number of ether oxygens (including phenoxy) is 1. The molecule has 1 aromatic heterocycles. The highest BCUT2D eigenvalue weighted by Gasteiger charge is 2.22. The summed E-state index contributed by atoms with van der Waals surface area (Å²) in [6.07, 6.45) is 7.66. The lowest BCUT2D eigenvalue weighted by Crippen LogP contribution is -2.44. The van der Waals surface area contributed by atoms with Gasteiger partial charge in [-0.25, -0.2) is 0 Å². The Labute approximate surface area is 103 Å². The van der Waals surface area contributed by atoms with Crippen molar-refractivity contribution in [2.75, 3.05) is 6.61 Å². The molecule has 96 valence electrons. The Balaban J connectivity index is 1.76. The van der Waals surface area contributed by atoms with Gasteiger partial charge in [-0.05, 0) is 32.3 Å². The predicted molar refractivity (Wildman–Crippen MR) is 67.9 cm³/mol. The fourth-order valence-corrected chi connectivity index (χ4v) is 2.46. The molecular formula is C13H23N3O. The molecule has 0 aliphatic carbocycles. The van der Waals surface area contributed by atoms with E-state index in [0.717, 1.165) is 32.4 Å². The van der Waals surface area contributed by atoms with Gasteiger partial charge in [0.1, 0.15) is 0 Å². The number of nitrogens with zero attached hydrogens (tertiary/aromatic N) is 2. The summed E-state index contributed by atoms with van der Waals surface area (Å²) in [5.74, 6) is 0. The summed E-state index contributed by atoms with van der Waals surface area (Å²) in [6, 6.07) is 3.02. The first-order valence-corrected chi connectivity index (χ1v) is 6.63. The van der Waals surface area contributed by atoms with E-state index >= 15 is 0 Å². The average molecular weight is 237 g/mol. The van der Waals surface area contributed by atoms with E-state index in [4.69, 9.17) is 4.74 Å². The first-order chi connectivity index (χ1) is 8.28. The van der Waals surface area contributed by atoms with E-state index in [1.54, 1.807) is 0 Å². The normalized spacial score (nSPS) is 26.9. The molecule has 0 bridgehead atoms. The quantitative estimate of drug-likeness (QED) is 0.849. The molecule has 2 heterocycles. The minimum atomic E-state index is 0.443. The molecular weight excluding hydrogens is 214 g/mol. The second kappa shape index (κ2) is 6.17. The molecule has 3 atom stereocenters. The van der Waals surface area contributed by atoms with Gasteiger partial charge in [-0.2, -0.15) is 5.10 Å². The molecule has 0 saturated carbocycles. The molecule has 1 N–H and O–H groups in total. The lowest BCUT2D eigenvalue weighted by Gasteiger charge is -2.31. The first-order valence-electron chi connectivity index (χ1n) is 6.63. The highest BCUT2D eigenvalue weighted by atomic mass is 16.5. The van der Waals surface area contributed by atoms with E-state index in [0.29, 0.717) is 18.2 Å². The minimum Gasteiger partial charge on any atom is -0.378 e. The molecule has 1 saturated heterocycles. The van der Waals surface area contributed by atoms with Crippen molar-refractivity contribution in [3.05, 3.63) is 18.5 Å². The smallest absolute Gasteiger partial charge is 0.0587 e. The summed E-state index contributed by atoms with van der Waals surface area (Å²) >= 11 is 0. The maximum atomic E-state index is 5.69. The maximum Gasteiger partial charge on any atom is 0.0587 e. The van der Waals surface area contributed by atoms with Gasteiger partial charge in [0.2, 0.25) is 0 Å². The maximum absolute atomic E-state index is 5.69. The Kier molecular flexibility index (Phi) is 4.57. The molecule has 2 rings (SSSR count). The van der Waals surface area contributed by atoms with Crippen molar-refractivity contribution in [1.29, 1.82) is 0 Å². The lowest BCUT2D eigenvalue weighted by molar-refractivity contribution is -0.00195. The van der Waals surface area contributed by atoms with E-state index in [1.807, 2.05) is 23.1 Å². The summed E-state index contributed by atoms with van der Waals surface area (Å²) < 4.78 is 7.67. The van der Waals surface area contributed by atoms with Crippen molar-refractivity contribution in [1.82, 2.24) is 15.1 Å². The van der Waals surface area contributed by atoms with E-state index in [-0.39, 0.29) is 0 Å². The Hall–Kier alpha value is -0.870. The van der Waals surface area contributed by atoms with Crippen LogP contribution in [0.1, 0.15) is 33.1 Å². The van der Waals surface area contributed by atoms with E-state index < -0.39 is 0 Å². The van der Waals surface area contributed by atoms with Crippen LogP contribution in [0.2, 0.25) is 0 Å². The first kappa shape index (κ1) is 12.6. The van der Waals surface area contributed by atoms with Gasteiger partial charge < -0.3 is 10.1 Å². The van der Waals surface area contributed by atoms with E-state index in [1.165, 1.54) is 0 Å². The van der Waals surface area contributed by atoms with Gasteiger partial charge in [-0.15, -0.1) is 0 Å². The van der Waals surface area contributed by atoms with Gasteiger partial charge >= 0.3 is 0 Å². The predicted octanol–water partition coefficient (Wildman–Crippen LogP) is 1.82. The largest absolute Gasteiger partial charge is 0.378 e. The minimum absolute atomic E-state index is 0.443. The Morgan fingerprint density at radius 2 is 2.47 bits per heavy atom. The van der Waals surface area contributed by atoms with E-state index in [2.05, 4.69) is 24.3 Å². The van der Waals surface area contributed by atoms with Gasteiger partial charge in [0, 0.05) is 31.1 Å². The summed E-state index contributed by atoms with van der Waals surface area (Å²) in [5, 5.41) is 7.91. The van der Waals surface area contributed by atoms with Gasteiger partial charge in [-0.3, -0.25) is 4.68 Å². The second-order valence-electron chi connectivity index (χ2n) is 4.92. The molecule has 0 amide bonds. The molecule has 1 aliphatic heterocycles. The van der Waals surface area contributed by atoms with Crippen LogP contribution >= 0.6 is 0 Å². The standard InChI is InChI=1S/C13H23N3O/c1-3-13-9-12(5-8-17-13)15-11(2)10-16-7-4-6-14-16/h4,6-7,11-13,15H,3,5,8-10H2,1-2H3. The van der Waals surface area contributed by atoms with Crippen molar-refractivity contribution in [3.8, 4) is 0 Å². The fourth-order valence-electron chi connectivity index (χ4n) is 2.46. The number of aromatic nitrogens is 2. The van der Waals surface area contributed by atoms with Crippen LogP contribution in [0.15, 0.2) is 18.5 Å². The third kappa shape index (κ3) is 3.82. The molecule has 17 heavy (non-hydrogen) atoms. The van der Waals surface area contributed by atoms with Crippen LogP contribution in [0.5, 0.6) is 0 Å². The van der Waals surface area contributed by atoms with Gasteiger partial charge in [0.15, 0.2) is 0 Å². The fraction of sp³-hybridized carbons (Fsp3) is 0.769. The van der Waals surface area contributed by atoms with Crippen molar-refractivity contribution in [2.45, 2.75) is 57.8 Å². The SMILES string of the molecule is CCC1CC(NC(C)Cn2cccn2)CCO1. The number of nitrogens with one attached hydrogen (secondary N) is 1. The van der Waals surface area contributed by atoms with Crippen LogP contribution in [-0.4, -0.2) is 34.6 Å². The number of hydrogen-bond donors (Lipinski definition) is 1. The summed E-state index contributed by atoms with van der Waals surface area (Å²) in [7, 11) is 0. The number of rotatable bonds is 5. The van der Waals surface area contributed by atoms with Crippen molar-refractivity contribution >= 4 is 0 Å². The van der Waals surface area contributed by atoms with Crippen LogP contribution in [0.25, 0.3) is 0 Å². The topological polar surface area (TPSA) is 39.1 Å². The molecule has 1 aromatic rings.